The third-order valence-corrected chi connectivity index (χ3v) is 3.68. The Hall–Kier alpha value is -3.79. The number of carbonyl (C=O) groups excluding carboxylic acids is 1. The fourth-order valence-corrected chi connectivity index (χ4v) is 2.52. The number of aryl methyl sites for hydroxylation is 1. The summed E-state index contributed by atoms with van der Waals surface area (Å²) in [5.41, 5.74) is 13.1. The Bertz CT molecular complexity index is 1020. The van der Waals surface area contributed by atoms with Crippen LogP contribution in [0, 0.1) is 18.3 Å². The van der Waals surface area contributed by atoms with Crippen LogP contribution in [0.3, 0.4) is 0 Å². The van der Waals surface area contributed by atoms with Gasteiger partial charge in [0.2, 0.25) is 0 Å². The highest BCUT2D eigenvalue weighted by atomic mass is 16.5. The fourth-order valence-electron chi connectivity index (χ4n) is 2.52. The van der Waals surface area contributed by atoms with Crippen molar-refractivity contribution in [3.05, 3.63) is 53.8 Å². The molecule has 2 heterocycles. The van der Waals surface area contributed by atoms with Crippen molar-refractivity contribution in [1.29, 1.82) is 5.26 Å². The summed E-state index contributed by atoms with van der Waals surface area (Å²) < 4.78 is 10.9. The second kappa shape index (κ2) is 6.99. The summed E-state index contributed by atoms with van der Waals surface area (Å²) in [6.07, 6.45) is 0. The monoisotopic (exact) mass is 348 g/mol. The minimum atomic E-state index is -0.572. The smallest absolute Gasteiger partial charge is 0.255 e. The first-order valence-electron chi connectivity index (χ1n) is 7.77. The van der Waals surface area contributed by atoms with Crippen molar-refractivity contribution in [2.45, 2.75) is 6.92 Å². The van der Waals surface area contributed by atoms with Gasteiger partial charge in [0, 0.05) is 5.56 Å². The van der Waals surface area contributed by atoms with Crippen LogP contribution < -0.4 is 16.2 Å². The van der Waals surface area contributed by atoms with Gasteiger partial charge in [0.25, 0.3) is 5.91 Å². The molecule has 0 atom stereocenters. The van der Waals surface area contributed by atoms with E-state index in [0.29, 0.717) is 28.3 Å². The van der Waals surface area contributed by atoms with Crippen molar-refractivity contribution in [3.63, 3.8) is 0 Å². The van der Waals surface area contributed by atoms with Crippen LogP contribution in [0.25, 0.3) is 22.6 Å². The molecule has 7 heteroatoms. The van der Waals surface area contributed by atoms with Gasteiger partial charge in [-0.15, -0.1) is 0 Å². The van der Waals surface area contributed by atoms with Gasteiger partial charge in [-0.25, -0.2) is 4.98 Å². The maximum absolute atomic E-state index is 10.9. The molecule has 0 saturated carbocycles. The predicted octanol–water partition coefficient (Wildman–Crippen LogP) is 2.63. The number of rotatable bonds is 5. The second-order valence-electron chi connectivity index (χ2n) is 5.62. The first-order chi connectivity index (χ1) is 12.5. The van der Waals surface area contributed by atoms with Gasteiger partial charge in [-0.3, -0.25) is 4.79 Å². The largest absolute Gasteiger partial charge is 0.484 e. The van der Waals surface area contributed by atoms with Crippen LogP contribution in [0.2, 0.25) is 0 Å². The summed E-state index contributed by atoms with van der Waals surface area (Å²) in [4.78, 5) is 15.2. The van der Waals surface area contributed by atoms with Gasteiger partial charge in [0.05, 0.1) is 0 Å². The number of hydrogen-bond acceptors (Lipinski definition) is 6. The zero-order valence-electron chi connectivity index (χ0n) is 14.0. The normalized spacial score (nSPS) is 10.3. The van der Waals surface area contributed by atoms with Crippen molar-refractivity contribution in [2.75, 3.05) is 12.3 Å². The van der Waals surface area contributed by atoms with Crippen molar-refractivity contribution in [3.8, 4) is 34.4 Å². The summed E-state index contributed by atoms with van der Waals surface area (Å²) in [7, 11) is 0. The highest BCUT2D eigenvalue weighted by Gasteiger charge is 2.15. The first kappa shape index (κ1) is 17.0. The maximum atomic E-state index is 10.9. The Labute approximate surface area is 149 Å². The van der Waals surface area contributed by atoms with E-state index in [9.17, 15) is 10.1 Å². The predicted molar refractivity (Wildman–Crippen MR) is 95.9 cm³/mol. The number of aromatic nitrogens is 1. The molecule has 4 N–H and O–H groups in total. The number of hydrogen-bond donors (Lipinski definition) is 2. The lowest BCUT2D eigenvalue weighted by Crippen LogP contribution is -2.19. The fraction of sp³-hybridized carbons (Fsp3) is 0.105. The number of nitrogen functional groups attached to an aromatic ring is 1. The van der Waals surface area contributed by atoms with Crippen LogP contribution in [0.15, 0.2) is 46.9 Å². The molecule has 7 nitrogen and oxygen atoms in total. The molecule has 0 radical (unpaired) electrons. The lowest BCUT2D eigenvalue weighted by molar-refractivity contribution is -0.119. The van der Waals surface area contributed by atoms with E-state index in [0.717, 1.165) is 5.76 Å². The summed E-state index contributed by atoms with van der Waals surface area (Å²) >= 11 is 0. The quantitative estimate of drug-likeness (QED) is 0.729. The molecular formula is C19H16N4O3. The number of ether oxygens (including phenoxy) is 1. The molecule has 2 aromatic heterocycles. The van der Waals surface area contributed by atoms with E-state index in [4.69, 9.17) is 20.6 Å². The Morgan fingerprint density at radius 1 is 1.31 bits per heavy atom. The molecule has 0 aliphatic heterocycles. The van der Waals surface area contributed by atoms with Crippen molar-refractivity contribution >= 4 is 11.7 Å². The topological polar surface area (TPSA) is 128 Å². The van der Waals surface area contributed by atoms with E-state index in [2.05, 4.69) is 11.1 Å². The highest BCUT2D eigenvalue weighted by molar-refractivity contribution is 5.80. The van der Waals surface area contributed by atoms with Gasteiger partial charge in [-0.1, -0.05) is 12.1 Å². The van der Waals surface area contributed by atoms with Gasteiger partial charge >= 0.3 is 0 Å². The molecule has 1 amide bonds. The maximum Gasteiger partial charge on any atom is 0.255 e. The van der Waals surface area contributed by atoms with Crippen LogP contribution >= 0.6 is 0 Å². The molecule has 0 fully saturated rings. The SMILES string of the molecule is Cc1ccc(-c2cc(-c3cccc(OCC(N)=O)c3)c(C#N)c(N)n2)o1. The van der Waals surface area contributed by atoms with Gasteiger partial charge < -0.3 is 20.6 Å². The number of nitriles is 1. The standard InChI is InChI=1S/C19H16N4O3/c1-11-5-6-17(26-11)16-8-14(15(9-20)19(22)23-16)12-3-2-4-13(7-12)25-10-18(21)24/h2-8H,10H2,1H3,(H2,21,24)(H2,22,23). The molecule has 0 unspecified atom stereocenters. The molecule has 0 aliphatic carbocycles. The second-order valence-corrected chi connectivity index (χ2v) is 5.62. The summed E-state index contributed by atoms with van der Waals surface area (Å²) in [6.45, 7) is 1.60. The average molecular weight is 348 g/mol. The minimum absolute atomic E-state index is 0.109. The average Bonchev–Trinajstić information content (AvgIpc) is 3.06. The van der Waals surface area contributed by atoms with E-state index in [1.807, 2.05) is 19.1 Å². The van der Waals surface area contributed by atoms with Crippen LogP contribution in [-0.2, 0) is 4.79 Å². The number of carbonyl (C=O) groups is 1. The third kappa shape index (κ3) is 3.49. The zero-order valence-corrected chi connectivity index (χ0v) is 14.0. The molecule has 3 rings (SSSR count). The van der Waals surface area contributed by atoms with Crippen molar-refractivity contribution in [1.82, 2.24) is 4.98 Å². The molecule has 0 spiro atoms. The highest BCUT2D eigenvalue weighted by Crippen LogP contribution is 2.33. The molecule has 0 aliphatic rings. The summed E-state index contributed by atoms with van der Waals surface area (Å²) in [5.74, 6) is 1.29. The molecule has 26 heavy (non-hydrogen) atoms. The summed E-state index contributed by atoms with van der Waals surface area (Å²) in [5, 5.41) is 9.49. The molecule has 1 aromatic carbocycles. The number of primary amides is 1. The molecule has 0 saturated heterocycles. The van der Waals surface area contributed by atoms with E-state index >= 15 is 0 Å². The van der Waals surface area contributed by atoms with E-state index in [1.54, 1.807) is 30.3 Å². The Balaban J connectivity index is 2.09. The van der Waals surface area contributed by atoms with Crippen LogP contribution in [-0.4, -0.2) is 17.5 Å². The van der Waals surface area contributed by atoms with Gasteiger partial charge in [-0.05, 0) is 42.8 Å². The number of nitrogens with two attached hydrogens (primary N) is 2. The van der Waals surface area contributed by atoms with Crippen molar-refractivity contribution in [2.24, 2.45) is 5.73 Å². The minimum Gasteiger partial charge on any atom is -0.484 e. The zero-order chi connectivity index (χ0) is 18.7. The lowest BCUT2D eigenvalue weighted by atomic mass is 9.99. The Kier molecular flexibility index (Phi) is 4.58. The molecule has 3 aromatic rings. The van der Waals surface area contributed by atoms with Crippen LogP contribution in [0.5, 0.6) is 5.75 Å². The van der Waals surface area contributed by atoms with Crippen LogP contribution in [0.4, 0.5) is 5.82 Å². The number of anilines is 1. The van der Waals surface area contributed by atoms with E-state index in [-0.39, 0.29) is 18.0 Å². The molecule has 0 bridgehead atoms. The number of benzene rings is 1. The number of nitrogens with zero attached hydrogens (tertiary/aromatic N) is 2. The molecular weight excluding hydrogens is 332 g/mol. The first-order valence-corrected chi connectivity index (χ1v) is 7.77. The van der Waals surface area contributed by atoms with Gasteiger partial charge in [0.15, 0.2) is 12.4 Å². The Morgan fingerprint density at radius 2 is 2.12 bits per heavy atom. The van der Waals surface area contributed by atoms with Crippen molar-refractivity contribution < 1.29 is 13.9 Å². The van der Waals surface area contributed by atoms with Crippen LogP contribution in [0.1, 0.15) is 11.3 Å². The number of furan rings is 1. The van der Waals surface area contributed by atoms with E-state index in [1.165, 1.54) is 0 Å². The van der Waals surface area contributed by atoms with Gasteiger partial charge in [0.1, 0.15) is 34.7 Å². The van der Waals surface area contributed by atoms with Gasteiger partial charge in [-0.2, -0.15) is 5.26 Å². The Morgan fingerprint density at radius 3 is 2.77 bits per heavy atom. The number of amides is 1. The summed E-state index contributed by atoms with van der Waals surface area (Å²) in [6, 6.07) is 14.4. The number of pyridine rings is 1. The molecule has 130 valence electrons. The lowest BCUT2D eigenvalue weighted by Gasteiger charge is -2.11. The third-order valence-electron chi connectivity index (χ3n) is 3.68. The van der Waals surface area contributed by atoms with E-state index < -0.39 is 5.91 Å².